The smallest absolute Gasteiger partial charge is 0.407 e. The van der Waals surface area contributed by atoms with Crippen molar-refractivity contribution in [3.63, 3.8) is 0 Å². The molecule has 0 bridgehead atoms. The second kappa shape index (κ2) is 7.22. The molecule has 0 atom stereocenters. The highest BCUT2D eigenvalue weighted by atomic mass is 19.1. The SMILES string of the molecule is O=C(O)N1CCC(Nc2nc3cccnc3n2Cc2ccc(F)cc2)CC1. The zero-order valence-corrected chi connectivity index (χ0v) is 14.7. The monoisotopic (exact) mass is 369 g/mol. The quantitative estimate of drug-likeness (QED) is 0.738. The van der Waals surface area contributed by atoms with Gasteiger partial charge < -0.3 is 15.3 Å². The molecule has 4 rings (SSSR count). The number of rotatable bonds is 4. The third-order valence-corrected chi connectivity index (χ3v) is 4.86. The van der Waals surface area contributed by atoms with E-state index in [0.29, 0.717) is 25.6 Å². The third-order valence-electron chi connectivity index (χ3n) is 4.86. The number of piperidine rings is 1. The molecule has 140 valence electrons. The van der Waals surface area contributed by atoms with E-state index in [-0.39, 0.29) is 11.9 Å². The number of halogens is 1. The molecule has 2 aromatic heterocycles. The Labute approximate surface area is 155 Å². The van der Waals surface area contributed by atoms with E-state index in [4.69, 9.17) is 5.11 Å². The summed E-state index contributed by atoms with van der Waals surface area (Å²) >= 11 is 0. The zero-order chi connectivity index (χ0) is 18.8. The minimum atomic E-state index is -0.874. The Bertz CT molecular complexity index is 948. The third kappa shape index (κ3) is 3.69. The van der Waals surface area contributed by atoms with Crippen molar-refractivity contribution in [1.82, 2.24) is 19.4 Å². The summed E-state index contributed by atoms with van der Waals surface area (Å²) in [5, 5.41) is 12.5. The van der Waals surface area contributed by atoms with Gasteiger partial charge in [-0.05, 0) is 42.7 Å². The molecule has 0 unspecified atom stereocenters. The van der Waals surface area contributed by atoms with Gasteiger partial charge in [0.25, 0.3) is 0 Å². The first-order valence-corrected chi connectivity index (χ1v) is 8.90. The minimum absolute atomic E-state index is 0.143. The van der Waals surface area contributed by atoms with Crippen molar-refractivity contribution in [1.29, 1.82) is 0 Å². The van der Waals surface area contributed by atoms with Crippen molar-refractivity contribution in [2.24, 2.45) is 0 Å². The first-order chi connectivity index (χ1) is 13.1. The van der Waals surface area contributed by atoms with E-state index in [2.05, 4.69) is 15.3 Å². The van der Waals surface area contributed by atoms with Crippen LogP contribution in [-0.2, 0) is 6.54 Å². The minimum Gasteiger partial charge on any atom is -0.465 e. The van der Waals surface area contributed by atoms with Crippen molar-refractivity contribution < 1.29 is 14.3 Å². The summed E-state index contributed by atoms with van der Waals surface area (Å²) in [5.74, 6) is 0.428. The predicted octanol–water partition coefficient (Wildman–Crippen LogP) is 3.17. The Kier molecular flexibility index (Phi) is 4.62. The van der Waals surface area contributed by atoms with E-state index in [9.17, 15) is 9.18 Å². The van der Waals surface area contributed by atoms with E-state index in [1.807, 2.05) is 16.7 Å². The average molecular weight is 369 g/mol. The van der Waals surface area contributed by atoms with Crippen LogP contribution in [0, 0.1) is 5.82 Å². The maximum Gasteiger partial charge on any atom is 0.407 e. The van der Waals surface area contributed by atoms with Crippen molar-refractivity contribution in [2.75, 3.05) is 18.4 Å². The molecule has 3 aromatic rings. The lowest BCUT2D eigenvalue weighted by atomic mass is 10.1. The van der Waals surface area contributed by atoms with Gasteiger partial charge in [-0.3, -0.25) is 4.57 Å². The van der Waals surface area contributed by atoms with Crippen LogP contribution >= 0.6 is 0 Å². The lowest BCUT2D eigenvalue weighted by Crippen LogP contribution is -2.42. The number of imidazole rings is 1. The summed E-state index contributed by atoms with van der Waals surface area (Å²) in [6.45, 7) is 1.52. The number of nitrogens with zero attached hydrogens (tertiary/aromatic N) is 4. The number of nitrogens with one attached hydrogen (secondary N) is 1. The highest BCUT2D eigenvalue weighted by molar-refractivity contribution is 5.74. The lowest BCUT2D eigenvalue weighted by molar-refractivity contribution is 0.133. The van der Waals surface area contributed by atoms with Gasteiger partial charge in [-0.25, -0.2) is 19.2 Å². The van der Waals surface area contributed by atoms with Gasteiger partial charge in [0, 0.05) is 25.3 Å². The summed E-state index contributed by atoms with van der Waals surface area (Å²) in [7, 11) is 0. The molecular formula is C19H20FN5O2. The van der Waals surface area contributed by atoms with E-state index >= 15 is 0 Å². The molecule has 0 spiro atoms. The van der Waals surface area contributed by atoms with Crippen LogP contribution in [0.1, 0.15) is 18.4 Å². The molecule has 0 aliphatic carbocycles. The molecule has 1 aliphatic heterocycles. The Hall–Kier alpha value is -3.16. The van der Waals surface area contributed by atoms with Crippen molar-refractivity contribution in [3.05, 3.63) is 54.0 Å². The van der Waals surface area contributed by atoms with Crippen LogP contribution in [0.15, 0.2) is 42.6 Å². The van der Waals surface area contributed by atoms with Crippen molar-refractivity contribution >= 4 is 23.2 Å². The summed E-state index contributed by atoms with van der Waals surface area (Å²) < 4.78 is 15.2. The van der Waals surface area contributed by atoms with Crippen LogP contribution in [0.5, 0.6) is 0 Å². The van der Waals surface area contributed by atoms with Crippen molar-refractivity contribution in [2.45, 2.75) is 25.4 Å². The van der Waals surface area contributed by atoms with E-state index in [1.165, 1.54) is 17.0 Å². The Morgan fingerprint density at radius 3 is 2.67 bits per heavy atom. The molecule has 0 radical (unpaired) electrons. The molecule has 1 aromatic carbocycles. The first-order valence-electron chi connectivity index (χ1n) is 8.90. The number of pyridine rings is 1. The number of likely N-dealkylation sites (tertiary alicyclic amines) is 1. The standard InChI is InChI=1S/C19H20FN5O2/c20-14-5-3-13(4-6-14)12-25-17-16(2-1-9-21-17)23-18(25)22-15-7-10-24(11-8-15)19(26)27/h1-6,9,15H,7-8,10-12H2,(H,22,23)(H,26,27). The Morgan fingerprint density at radius 2 is 1.96 bits per heavy atom. The molecule has 1 amide bonds. The molecule has 3 heterocycles. The van der Waals surface area contributed by atoms with Gasteiger partial charge in [0.05, 0.1) is 6.54 Å². The molecule has 7 nitrogen and oxygen atoms in total. The first kappa shape index (κ1) is 17.3. The second-order valence-electron chi connectivity index (χ2n) is 6.68. The second-order valence-corrected chi connectivity index (χ2v) is 6.68. The van der Waals surface area contributed by atoms with Gasteiger partial charge in [-0.1, -0.05) is 12.1 Å². The Morgan fingerprint density at radius 1 is 1.22 bits per heavy atom. The van der Waals surface area contributed by atoms with Gasteiger partial charge in [-0.2, -0.15) is 0 Å². The zero-order valence-electron chi connectivity index (χ0n) is 14.7. The summed E-state index contributed by atoms with van der Waals surface area (Å²) in [6, 6.07) is 10.3. The van der Waals surface area contributed by atoms with Gasteiger partial charge in [-0.15, -0.1) is 0 Å². The van der Waals surface area contributed by atoms with Crippen LogP contribution in [-0.4, -0.2) is 49.8 Å². The van der Waals surface area contributed by atoms with Gasteiger partial charge in [0.2, 0.25) is 5.95 Å². The van der Waals surface area contributed by atoms with E-state index < -0.39 is 6.09 Å². The van der Waals surface area contributed by atoms with Crippen LogP contribution in [0.2, 0.25) is 0 Å². The molecule has 1 aliphatic rings. The topological polar surface area (TPSA) is 83.3 Å². The van der Waals surface area contributed by atoms with E-state index in [0.717, 1.165) is 29.6 Å². The highest BCUT2D eigenvalue weighted by Gasteiger charge is 2.24. The molecule has 0 saturated carbocycles. The number of fused-ring (bicyclic) bond motifs is 1. The normalized spacial score (nSPS) is 15.2. The number of carboxylic acid groups (broad SMARTS) is 1. The molecule has 1 fully saturated rings. The highest BCUT2D eigenvalue weighted by Crippen LogP contribution is 2.22. The molecule has 2 N–H and O–H groups in total. The number of anilines is 1. The summed E-state index contributed by atoms with van der Waals surface area (Å²) in [4.78, 5) is 21.6. The fourth-order valence-corrected chi connectivity index (χ4v) is 3.39. The molecular weight excluding hydrogens is 349 g/mol. The number of hydrogen-bond acceptors (Lipinski definition) is 4. The summed E-state index contributed by atoms with van der Waals surface area (Å²) in [5.41, 5.74) is 2.49. The molecule has 8 heteroatoms. The van der Waals surface area contributed by atoms with Gasteiger partial charge in [0.15, 0.2) is 5.65 Å². The maximum atomic E-state index is 13.2. The number of benzene rings is 1. The van der Waals surface area contributed by atoms with E-state index in [1.54, 1.807) is 18.3 Å². The lowest BCUT2D eigenvalue weighted by Gasteiger charge is -2.30. The fraction of sp³-hybridized carbons (Fsp3) is 0.316. The summed E-state index contributed by atoms with van der Waals surface area (Å²) in [6.07, 6.45) is 2.29. The molecule has 27 heavy (non-hydrogen) atoms. The van der Waals surface area contributed by atoms with Gasteiger partial charge in [0.1, 0.15) is 11.3 Å². The van der Waals surface area contributed by atoms with Gasteiger partial charge >= 0.3 is 6.09 Å². The number of amides is 1. The fourth-order valence-electron chi connectivity index (χ4n) is 3.39. The van der Waals surface area contributed by atoms with Crippen molar-refractivity contribution in [3.8, 4) is 0 Å². The number of carbonyl (C=O) groups is 1. The Balaban J connectivity index is 1.58. The average Bonchev–Trinajstić information content (AvgIpc) is 3.01. The predicted molar refractivity (Wildman–Crippen MR) is 99.3 cm³/mol. The van der Waals surface area contributed by atoms with Crippen LogP contribution in [0.25, 0.3) is 11.2 Å². The maximum absolute atomic E-state index is 13.2. The van der Waals surface area contributed by atoms with Crippen LogP contribution in [0.3, 0.4) is 0 Å². The number of aromatic nitrogens is 3. The number of hydrogen-bond donors (Lipinski definition) is 2. The molecule has 1 saturated heterocycles. The van der Waals surface area contributed by atoms with Crippen LogP contribution in [0.4, 0.5) is 15.1 Å². The van der Waals surface area contributed by atoms with Crippen LogP contribution < -0.4 is 5.32 Å². The largest absolute Gasteiger partial charge is 0.465 e.